The van der Waals surface area contributed by atoms with Crippen LogP contribution in [-0.2, 0) is 4.79 Å². The van der Waals surface area contributed by atoms with Crippen LogP contribution < -0.4 is 11.5 Å². The maximum atomic E-state index is 12.3. The predicted molar refractivity (Wildman–Crippen MR) is 340 cm³/mol. The van der Waals surface area contributed by atoms with Crippen LogP contribution in [0.25, 0.3) is 67.1 Å². The summed E-state index contributed by atoms with van der Waals surface area (Å²) in [6.45, 7) is 1.08. The maximum Gasteiger partial charge on any atom is 0.300 e. The fraction of sp³-hybridized carbons (Fsp3) is 0.0597. The van der Waals surface area contributed by atoms with E-state index in [1.807, 2.05) is 84.9 Å². The van der Waals surface area contributed by atoms with Crippen LogP contribution in [0.2, 0.25) is 0 Å². The van der Waals surface area contributed by atoms with E-state index in [1.54, 1.807) is 60.7 Å². The number of aliphatic carboxylic acids is 1. The van der Waals surface area contributed by atoms with Crippen molar-refractivity contribution < 1.29 is 49.0 Å². The molecule has 2 aromatic heterocycles. The first kappa shape index (κ1) is 67.4. The molecule has 0 aliphatic carbocycles. The van der Waals surface area contributed by atoms with Gasteiger partial charge in [0.05, 0.1) is 55.5 Å². The largest absolute Gasteiger partial charge is 0.481 e. The number of ketones is 4. The number of hydrogen-bond donors (Lipinski definition) is 4. The third-order valence-electron chi connectivity index (χ3n) is 11.9. The first-order valence-corrected chi connectivity index (χ1v) is 26.5. The molecule has 448 valence electrons. The van der Waals surface area contributed by atoms with Gasteiger partial charge in [-0.15, -0.1) is 0 Å². The number of carbonyl (C=O) groups excluding carboxylic acids is 4. The summed E-state index contributed by atoms with van der Waals surface area (Å²) >= 11 is 0. The standard InChI is InChI=1S/C34H22N4.C22H14O4.C6H7N3O2.C2H4O2.2CH3NO2.CH4O/c1-3-11-23(12-4-1)31-33(37-29-17-9-7-15-27(29)35-31)25-19-21-26(22-20-25)34-32(24-13-5-2-6-14-24)36-28-16-8-10-18-30(28)38-34;23-19(15-7-3-1-4-8-15)21(25)17-11-13-18(14-12-17)22(26)20(24)16-9-5-2-6-10-16;7-4-2-1-3-5(6(4)8)9(10)11;3*1-2(3)4;1-2/h1-22H;1-14H;1-3H,7-8H2;1H3,(H,3,4);2*1H3;2H,1H3. The average molecular weight is 1200 g/mol. The van der Waals surface area contributed by atoms with Crippen LogP contribution in [-0.4, -0.2) is 95.2 Å². The molecule has 0 amide bonds. The minimum Gasteiger partial charge on any atom is -0.481 e. The summed E-state index contributed by atoms with van der Waals surface area (Å²) in [7, 11) is 2.78. The zero-order valence-electron chi connectivity index (χ0n) is 48.2. The maximum absolute atomic E-state index is 12.3. The Hall–Kier alpha value is -12.4. The number of carboxylic acids is 1. The minimum absolute atomic E-state index is 0.0255. The number of fused-ring (bicyclic) bond motifs is 2. The zero-order valence-corrected chi connectivity index (χ0v) is 48.2. The molecule has 89 heavy (non-hydrogen) atoms. The summed E-state index contributed by atoms with van der Waals surface area (Å²) in [6, 6.07) is 71.2. The lowest BCUT2D eigenvalue weighted by Crippen LogP contribution is -2.16. The van der Waals surface area contributed by atoms with E-state index in [4.69, 9.17) is 66.6 Å². The van der Waals surface area contributed by atoms with Crippen molar-refractivity contribution in [3.8, 4) is 45.0 Å². The van der Waals surface area contributed by atoms with E-state index in [9.17, 15) is 29.3 Å². The molecule has 0 bridgehead atoms. The Bertz CT molecular complexity index is 3980. The fourth-order valence-electron chi connectivity index (χ4n) is 7.99. The van der Waals surface area contributed by atoms with E-state index in [0.29, 0.717) is 11.1 Å². The Morgan fingerprint density at radius 3 is 0.831 bits per heavy atom. The quantitative estimate of drug-likeness (QED) is 0.0307. The Kier molecular flexibility index (Phi) is 25.6. The number of rotatable bonds is 11. The van der Waals surface area contributed by atoms with Crippen molar-refractivity contribution in [2.45, 2.75) is 6.92 Å². The molecule has 0 radical (unpaired) electrons. The summed E-state index contributed by atoms with van der Waals surface area (Å²) < 4.78 is 0. The molecule has 0 saturated heterocycles. The highest BCUT2D eigenvalue weighted by atomic mass is 16.6. The van der Waals surface area contributed by atoms with Gasteiger partial charge in [-0.2, -0.15) is 0 Å². The number of Topliss-reactive ketones (excluding diaryl/α,β-unsaturated/α-hetero) is 4. The van der Waals surface area contributed by atoms with Gasteiger partial charge in [-0.05, 0) is 30.3 Å². The molecule has 11 aromatic rings. The molecular formula is C67H57N9O13. The summed E-state index contributed by atoms with van der Waals surface area (Å²) in [5.41, 5.74) is 22.7. The second-order valence-corrected chi connectivity index (χ2v) is 18.2. The molecule has 9 aromatic carbocycles. The second kappa shape index (κ2) is 33.8. The Balaban J connectivity index is 0.000000243. The van der Waals surface area contributed by atoms with Gasteiger partial charge < -0.3 is 21.7 Å². The van der Waals surface area contributed by atoms with Crippen molar-refractivity contribution in [1.29, 1.82) is 0 Å². The van der Waals surface area contributed by atoms with Gasteiger partial charge in [0.25, 0.3) is 11.7 Å². The number of benzene rings is 9. The number of nitro benzene ring substituents is 1. The van der Waals surface area contributed by atoms with Crippen molar-refractivity contribution in [1.82, 2.24) is 19.9 Å². The van der Waals surface area contributed by atoms with Gasteiger partial charge in [-0.25, -0.2) is 19.9 Å². The number of aliphatic hydroxyl groups is 1. The molecule has 0 atom stereocenters. The molecule has 11 rings (SSSR count). The number of para-hydroxylation sites is 5. The van der Waals surface area contributed by atoms with E-state index in [0.717, 1.165) is 95.2 Å². The van der Waals surface area contributed by atoms with Crippen LogP contribution in [0, 0.1) is 30.3 Å². The summed E-state index contributed by atoms with van der Waals surface area (Å²) in [5, 5.41) is 42.3. The Morgan fingerprint density at radius 2 is 0.584 bits per heavy atom. The van der Waals surface area contributed by atoms with Crippen molar-refractivity contribution in [3.63, 3.8) is 0 Å². The van der Waals surface area contributed by atoms with Gasteiger partial charge in [0.1, 0.15) is 5.69 Å². The van der Waals surface area contributed by atoms with E-state index in [1.165, 1.54) is 42.5 Å². The zero-order chi connectivity index (χ0) is 65.0. The van der Waals surface area contributed by atoms with Crippen molar-refractivity contribution in [3.05, 3.63) is 289 Å². The van der Waals surface area contributed by atoms with Gasteiger partial charge in [0, 0.05) is 74.5 Å². The highest BCUT2D eigenvalue weighted by Gasteiger charge is 2.22. The fourth-order valence-corrected chi connectivity index (χ4v) is 7.99. The van der Waals surface area contributed by atoms with Crippen LogP contribution in [0.1, 0.15) is 48.4 Å². The number of anilines is 2. The number of nitrogens with zero attached hydrogens (tertiary/aromatic N) is 7. The first-order valence-electron chi connectivity index (χ1n) is 26.5. The number of carbonyl (C=O) groups is 5. The molecule has 0 aliphatic heterocycles. The van der Waals surface area contributed by atoms with Gasteiger partial charge in [-0.1, -0.05) is 200 Å². The Labute approximate surface area is 508 Å². The predicted octanol–water partition coefficient (Wildman–Crippen LogP) is 12.3. The van der Waals surface area contributed by atoms with Gasteiger partial charge >= 0.3 is 0 Å². The number of nitrogens with two attached hydrogens (primary N) is 2. The van der Waals surface area contributed by atoms with Crippen molar-refractivity contribution in [2.24, 2.45) is 0 Å². The number of nitro groups is 3. The molecule has 22 heteroatoms. The van der Waals surface area contributed by atoms with Gasteiger partial charge in [-0.3, -0.25) is 54.3 Å². The first-order chi connectivity index (χ1) is 42.7. The number of carboxylic acid groups (broad SMARTS) is 1. The minimum atomic E-state index is -0.833. The van der Waals surface area contributed by atoms with Crippen LogP contribution in [0.15, 0.2) is 237 Å². The van der Waals surface area contributed by atoms with Crippen molar-refractivity contribution >= 4 is 68.2 Å². The lowest BCUT2D eigenvalue weighted by atomic mass is 9.97. The van der Waals surface area contributed by atoms with Crippen LogP contribution in [0.4, 0.5) is 17.1 Å². The van der Waals surface area contributed by atoms with Crippen molar-refractivity contribution in [2.75, 3.05) is 32.7 Å². The summed E-state index contributed by atoms with van der Waals surface area (Å²) in [6.07, 6.45) is 0. The molecule has 2 heterocycles. The summed E-state index contributed by atoms with van der Waals surface area (Å²) in [5.74, 6) is -3.40. The highest BCUT2D eigenvalue weighted by molar-refractivity contribution is 6.50. The van der Waals surface area contributed by atoms with E-state index in [2.05, 4.69) is 48.5 Å². The third kappa shape index (κ3) is 19.8. The second-order valence-electron chi connectivity index (χ2n) is 18.2. The Morgan fingerprint density at radius 1 is 0.360 bits per heavy atom. The third-order valence-corrected chi connectivity index (χ3v) is 11.9. The average Bonchev–Trinajstić information content (AvgIpc) is 0.955. The van der Waals surface area contributed by atoms with E-state index >= 15 is 0 Å². The molecule has 0 spiro atoms. The van der Waals surface area contributed by atoms with Gasteiger partial charge in [0.2, 0.25) is 23.1 Å². The van der Waals surface area contributed by atoms with Crippen LogP contribution >= 0.6 is 0 Å². The number of aliphatic hydroxyl groups excluding tert-OH is 1. The molecule has 6 N–H and O–H groups in total. The topological polar surface area (TPSA) is 359 Å². The molecule has 22 nitrogen and oxygen atoms in total. The normalized spacial score (nSPS) is 9.81. The van der Waals surface area contributed by atoms with E-state index < -0.39 is 43.9 Å². The van der Waals surface area contributed by atoms with E-state index in [-0.39, 0.29) is 28.2 Å². The number of nitrogen functional groups attached to an aromatic ring is 2. The summed E-state index contributed by atoms with van der Waals surface area (Å²) in [4.78, 5) is 104. The molecule has 0 aliphatic rings. The monoisotopic (exact) mass is 1200 g/mol. The lowest BCUT2D eigenvalue weighted by molar-refractivity contribution is -0.445. The molecule has 0 saturated carbocycles. The molecule has 0 fully saturated rings. The van der Waals surface area contributed by atoms with Gasteiger partial charge in [0.15, 0.2) is 14.1 Å². The number of hydrogen-bond acceptors (Lipinski definition) is 18. The SMILES string of the molecule is CC(=O)O.CO.C[N+](=O)[O-].C[N+](=O)[O-].Nc1cccc([N+](=O)[O-])c1N.O=C(C(=O)c1ccc(C(=O)C(=O)c2ccccc2)cc1)c1ccccc1.c1ccc(-c2nc3ccccc3nc2-c2ccc(-c3nc4ccccc4nc3-c3ccccc3)cc2)cc1. The number of aromatic nitrogens is 4. The molecular weight excluding hydrogens is 1140 g/mol. The molecule has 0 unspecified atom stereocenters. The van der Waals surface area contributed by atoms with Crippen LogP contribution in [0.3, 0.4) is 0 Å². The lowest BCUT2D eigenvalue weighted by Gasteiger charge is -2.13. The highest BCUT2D eigenvalue weighted by Crippen LogP contribution is 2.35. The smallest absolute Gasteiger partial charge is 0.300 e. The van der Waals surface area contributed by atoms with Crippen LogP contribution in [0.5, 0.6) is 0 Å².